The van der Waals surface area contributed by atoms with Crippen molar-refractivity contribution in [1.82, 2.24) is 10.6 Å². The molecule has 2 unspecified atom stereocenters. The first-order chi connectivity index (χ1) is 14.2. The van der Waals surface area contributed by atoms with Crippen molar-refractivity contribution >= 4 is 17.8 Å². The normalized spacial score (nSPS) is 22.0. The van der Waals surface area contributed by atoms with Crippen LogP contribution in [0.4, 0.5) is 0 Å². The van der Waals surface area contributed by atoms with E-state index < -0.39 is 5.92 Å². The first-order valence-corrected chi connectivity index (χ1v) is 10.8. The highest BCUT2D eigenvalue weighted by molar-refractivity contribution is 5.86. The minimum absolute atomic E-state index is 0.0623. The number of rotatable bonds is 7. The van der Waals surface area contributed by atoms with Crippen molar-refractivity contribution in [2.75, 3.05) is 33.0 Å². The Morgan fingerprint density at radius 2 is 2.03 bits per heavy atom. The molecule has 1 heterocycles. The van der Waals surface area contributed by atoms with Gasteiger partial charge in [-0.2, -0.15) is 0 Å². The molecule has 2 amide bonds. The van der Waals surface area contributed by atoms with E-state index in [9.17, 15) is 14.4 Å². The lowest BCUT2D eigenvalue weighted by Crippen LogP contribution is -2.49. The van der Waals surface area contributed by atoms with Gasteiger partial charge in [0.25, 0.3) is 0 Å². The van der Waals surface area contributed by atoms with E-state index in [2.05, 4.69) is 10.6 Å². The van der Waals surface area contributed by atoms with E-state index in [0.29, 0.717) is 26.0 Å². The number of hydrogen-bond acceptors (Lipinski definition) is 6. The summed E-state index contributed by atoms with van der Waals surface area (Å²) in [6, 6.07) is -0.349. The van der Waals surface area contributed by atoms with Crippen LogP contribution in [0.5, 0.6) is 0 Å². The molecule has 0 radical (unpaired) electrons. The lowest BCUT2D eigenvalue weighted by Gasteiger charge is -2.32. The Kier molecular flexibility index (Phi) is 12.3. The molecule has 0 aromatic rings. The second kappa shape index (κ2) is 14.1. The zero-order valence-electron chi connectivity index (χ0n) is 18.6. The van der Waals surface area contributed by atoms with E-state index in [1.54, 1.807) is 0 Å². The molecule has 0 spiro atoms. The summed E-state index contributed by atoms with van der Waals surface area (Å²) < 4.78 is 10.5. The zero-order valence-corrected chi connectivity index (χ0v) is 18.6. The molecule has 0 saturated heterocycles. The number of hydrogen-bond donors (Lipinski definition) is 3. The van der Waals surface area contributed by atoms with E-state index >= 15 is 0 Å². The number of allylic oxidation sites excluding steroid dienone is 2. The maximum atomic E-state index is 13.0. The van der Waals surface area contributed by atoms with Crippen LogP contribution in [0.3, 0.4) is 0 Å². The molecule has 0 aliphatic carbocycles. The Balaban J connectivity index is 2.77. The van der Waals surface area contributed by atoms with Crippen LogP contribution in [0.15, 0.2) is 12.2 Å². The molecule has 0 bridgehead atoms. The topological polar surface area (TPSA) is 114 Å². The van der Waals surface area contributed by atoms with Gasteiger partial charge in [-0.3, -0.25) is 14.4 Å². The predicted molar refractivity (Wildman–Crippen MR) is 114 cm³/mol. The number of carbonyl (C=O) groups excluding carboxylic acids is 3. The number of ether oxygens (including phenoxy) is 2. The van der Waals surface area contributed by atoms with Crippen molar-refractivity contribution < 1.29 is 29.0 Å². The molecule has 30 heavy (non-hydrogen) atoms. The highest BCUT2D eigenvalue weighted by Crippen LogP contribution is 2.22. The fraction of sp³-hybridized carbons (Fsp3) is 0.773. The third-order valence-electron chi connectivity index (χ3n) is 4.97. The van der Waals surface area contributed by atoms with E-state index in [-0.39, 0.29) is 55.5 Å². The largest absolute Gasteiger partial charge is 0.463 e. The summed E-state index contributed by atoms with van der Waals surface area (Å²) >= 11 is 0. The summed E-state index contributed by atoms with van der Waals surface area (Å²) in [6.45, 7) is 6.83. The maximum absolute atomic E-state index is 13.0. The molecule has 1 aliphatic heterocycles. The Labute approximate surface area is 179 Å². The average Bonchev–Trinajstić information content (AvgIpc) is 2.67. The van der Waals surface area contributed by atoms with Crippen molar-refractivity contribution in [3.8, 4) is 0 Å². The van der Waals surface area contributed by atoms with Crippen LogP contribution in [0.1, 0.15) is 59.3 Å². The monoisotopic (exact) mass is 426 g/mol. The highest BCUT2D eigenvalue weighted by Gasteiger charge is 2.30. The molecule has 0 aromatic heterocycles. The van der Waals surface area contributed by atoms with Crippen molar-refractivity contribution in [1.29, 1.82) is 0 Å². The fourth-order valence-corrected chi connectivity index (χ4v) is 2.96. The summed E-state index contributed by atoms with van der Waals surface area (Å²) in [5.74, 6) is -1.21. The van der Waals surface area contributed by atoms with E-state index in [1.807, 2.05) is 32.9 Å². The standard InChI is InChI=1S/C22H38N2O6/c1-22(2,3)18-16-30-20(27)10-8-6-4-5-7-9-17(21(28)24-18)15-19(26)23-11-13-29-14-12-25/h5,7,17-18,25H,4,6,8-16H2,1-3H3,(H,23,26)(H,24,28). The number of amides is 2. The third-order valence-corrected chi connectivity index (χ3v) is 4.97. The SMILES string of the molecule is CC(C)(C)C1COC(=O)CCCCC=CCC(CC(=O)NCCOCCO)C(=O)N1. The molecule has 8 heteroatoms. The van der Waals surface area contributed by atoms with Gasteiger partial charge in [-0.05, 0) is 31.1 Å². The number of esters is 1. The highest BCUT2D eigenvalue weighted by atomic mass is 16.5. The zero-order chi connectivity index (χ0) is 22.4. The van der Waals surface area contributed by atoms with Crippen molar-refractivity contribution in [3.05, 3.63) is 12.2 Å². The van der Waals surface area contributed by atoms with Crippen molar-refractivity contribution in [3.63, 3.8) is 0 Å². The molecule has 2 atom stereocenters. The van der Waals surface area contributed by atoms with Gasteiger partial charge in [-0.25, -0.2) is 0 Å². The third kappa shape index (κ3) is 11.3. The molecule has 172 valence electrons. The van der Waals surface area contributed by atoms with Crippen LogP contribution < -0.4 is 10.6 Å². The van der Waals surface area contributed by atoms with Crippen LogP contribution >= 0.6 is 0 Å². The smallest absolute Gasteiger partial charge is 0.305 e. The van der Waals surface area contributed by atoms with E-state index in [1.165, 1.54) is 0 Å². The van der Waals surface area contributed by atoms with Gasteiger partial charge < -0.3 is 25.2 Å². The second-order valence-corrected chi connectivity index (χ2v) is 8.65. The molecule has 3 N–H and O–H groups in total. The molecule has 1 rings (SSSR count). The van der Waals surface area contributed by atoms with Gasteiger partial charge in [0.2, 0.25) is 11.8 Å². The number of nitrogens with one attached hydrogen (secondary N) is 2. The molecule has 0 fully saturated rings. The quantitative estimate of drug-likeness (QED) is 0.324. The summed E-state index contributed by atoms with van der Waals surface area (Å²) in [5, 5.41) is 14.4. The summed E-state index contributed by atoms with van der Waals surface area (Å²) in [7, 11) is 0. The summed E-state index contributed by atoms with van der Waals surface area (Å²) in [6.07, 6.45) is 7.31. The first kappa shape index (κ1) is 26.1. The Morgan fingerprint density at radius 1 is 1.27 bits per heavy atom. The fourth-order valence-electron chi connectivity index (χ4n) is 2.96. The van der Waals surface area contributed by atoms with Crippen LogP contribution in [-0.4, -0.2) is 61.9 Å². The van der Waals surface area contributed by atoms with E-state index in [0.717, 1.165) is 19.3 Å². The van der Waals surface area contributed by atoms with Gasteiger partial charge in [0.05, 0.1) is 31.8 Å². The van der Waals surface area contributed by atoms with Gasteiger partial charge >= 0.3 is 5.97 Å². The van der Waals surface area contributed by atoms with Gasteiger partial charge in [0.1, 0.15) is 6.61 Å². The maximum Gasteiger partial charge on any atom is 0.305 e. The van der Waals surface area contributed by atoms with Crippen molar-refractivity contribution in [2.24, 2.45) is 11.3 Å². The van der Waals surface area contributed by atoms with E-state index in [4.69, 9.17) is 14.6 Å². The lowest BCUT2D eigenvalue weighted by molar-refractivity contribution is -0.146. The van der Waals surface area contributed by atoms with Gasteiger partial charge in [0, 0.05) is 19.4 Å². The van der Waals surface area contributed by atoms with Crippen LogP contribution in [0, 0.1) is 11.3 Å². The number of aliphatic hydroxyl groups excluding tert-OH is 1. The predicted octanol–water partition coefficient (Wildman–Crippen LogP) is 1.71. The van der Waals surface area contributed by atoms with Gasteiger partial charge in [-0.1, -0.05) is 32.9 Å². The average molecular weight is 427 g/mol. The molecular formula is C22H38N2O6. The summed E-state index contributed by atoms with van der Waals surface area (Å²) in [5.41, 5.74) is -0.306. The number of carbonyl (C=O) groups is 3. The Morgan fingerprint density at radius 3 is 2.73 bits per heavy atom. The van der Waals surface area contributed by atoms with Crippen LogP contribution in [-0.2, 0) is 23.9 Å². The van der Waals surface area contributed by atoms with Crippen LogP contribution in [0.2, 0.25) is 0 Å². The molecule has 0 saturated carbocycles. The first-order valence-electron chi connectivity index (χ1n) is 10.8. The Bertz CT molecular complexity index is 570. The van der Waals surface area contributed by atoms with Gasteiger partial charge in [0.15, 0.2) is 0 Å². The lowest BCUT2D eigenvalue weighted by atomic mass is 9.86. The van der Waals surface area contributed by atoms with Crippen LogP contribution in [0.25, 0.3) is 0 Å². The molecule has 8 nitrogen and oxygen atoms in total. The molecular weight excluding hydrogens is 388 g/mol. The second-order valence-electron chi connectivity index (χ2n) is 8.65. The molecule has 0 aromatic carbocycles. The van der Waals surface area contributed by atoms with Crippen molar-refractivity contribution in [2.45, 2.75) is 65.3 Å². The summed E-state index contributed by atoms with van der Waals surface area (Å²) in [4.78, 5) is 37.2. The minimum Gasteiger partial charge on any atom is -0.463 e. The Hall–Kier alpha value is -1.93. The van der Waals surface area contributed by atoms with Gasteiger partial charge in [-0.15, -0.1) is 0 Å². The molecule has 1 aliphatic rings. The number of cyclic esters (lactones) is 1. The number of aliphatic hydroxyl groups is 1. The minimum atomic E-state index is -0.511.